The van der Waals surface area contributed by atoms with Crippen LogP contribution in [0.25, 0.3) is 0 Å². The van der Waals surface area contributed by atoms with Crippen molar-refractivity contribution in [3.05, 3.63) is 17.5 Å². The van der Waals surface area contributed by atoms with E-state index in [0.717, 1.165) is 17.2 Å². The van der Waals surface area contributed by atoms with Crippen LogP contribution in [0.4, 0.5) is 0 Å². The maximum absolute atomic E-state index is 4.54. The van der Waals surface area contributed by atoms with E-state index in [1.807, 2.05) is 0 Å². The summed E-state index contributed by atoms with van der Waals surface area (Å²) in [6.07, 6.45) is 9.08. The van der Waals surface area contributed by atoms with Crippen LogP contribution >= 0.6 is 15.9 Å². The number of aryl methyl sites for hydroxylation is 2. The second-order valence-electron chi connectivity index (χ2n) is 5.29. The standard InChI is InChI=1S/C14H23BrN2/c1-3-13-10-14(17(2)16-13)9-11-6-4-5-7-12(15)8-11/h10-12H,3-9H2,1-2H3. The van der Waals surface area contributed by atoms with E-state index in [4.69, 9.17) is 0 Å². The summed E-state index contributed by atoms with van der Waals surface area (Å²) in [7, 11) is 2.08. The van der Waals surface area contributed by atoms with Crippen LogP contribution in [0, 0.1) is 5.92 Å². The quantitative estimate of drug-likeness (QED) is 0.612. The van der Waals surface area contributed by atoms with E-state index in [-0.39, 0.29) is 0 Å². The van der Waals surface area contributed by atoms with E-state index < -0.39 is 0 Å². The Morgan fingerprint density at radius 2 is 2.18 bits per heavy atom. The molecule has 0 bridgehead atoms. The minimum absolute atomic E-state index is 0.730. The van der Waals surface area contributed by atoms with Gasteiger partial charge in [0.25, 0.3) is 0 Å². The van der Waals surface area contributed by atoms with Crippen LogP contribution in [-0.2, 0) is 19.9 Å². The molecule has 17 heavy (non-hydrogen) atoms. The third-order valence-electron chi connectivity index (χ3n) is 3.86. The maximum atomic E-state index is 4.54. The number of hydrogen-bond acceptors (Lipinski definition) is 1. The summed E-state index contributed by atoms with van der Waals surface area (Å²) in [5.74, 6) is 0.835. The third-order valence-corrected chi connectivity index (χ3v) is 4.69. The summed E-state index contributed by atoms with van der Waals surface area (Å²) in [6.45, 7) is 2.17. The molecule has 1 aromatic rings. The Balaban J connectivity index is 2.00. The molecule has 1 aromatic heterocycles. The fourth-order valence-electron chi connectivity index (χ4n) is 2.81. The summed E-state index contributed by atoms with van der Waals surface area (Å²) < 4.78 is 2.08. The zero-order valence-electron chi connectivity index (χ0n) is 11.0. The van der Waals surface area contributed by atoms with E-state index in [0.29, 0.717) is 0 Å². The predicted octanol–water partition coefficient (Wildman–Crippen LogP) is 3.87. The van der Waals surface area contributed by atoms with E-state index in [9.17, 15) is 0 Å². The molecule has 2 atom stereocenters. The van der Waals surface area contributed by atoms with Crippen LogP contribution in [0.15, 0.2) is 6.07 Å². The average molecular weight is 299 g/mol. The van der Waals surface area contributed by atoms with Crippen molar-refractivity contribution in [3.8, 4) is 0 Å². The molecule has 0 amide bonds. The molecule has 0 saturated heterocycles. The molecule has 1 aliphatic carbocycles. The minimum atomic E-state index is 0.730. The lowest BCUT2D eigenvalue weighted by Crippen LogP contribution is -2.11. The van der Waals surface area contributed by atoms with Gasteiger partial charge in [0.1, 0.15) is 0 Å². The Morgan fingerprint density at radius 1 is 1.41 bits per heavy atom. The Labute approximate surface area is 113 Å². The van der Waals surface area contributed by atoms with Crippen molar-refractivity contribution < 1.29 is 0 Å². The van der Waals surface area contributed by atoms with Gasteiger partial charge in [-0.15, -0.1) is 0 Å². The monoisotopic (exact) mass is 298 g/mol. The zero-order valence-corrected chi connectivity index (χ0v) is 12.5. The normalized spacial score (nSPS) is 25.8. The van der Waals surface area contributed by atoms with Gasteiger partial charge in [-0.3, -0.25) is 4.68 Å². The van der Waals surface area contributed by atoms with Crippen LogP contribution in [-0.4, -0.2) is 14.6 Å². The van der Waals surface area contributed by atoms with Gasteiger partial charge in [0.2, 0.25) is 0 Å². The lowest BCUT2D eigenvalue weighted by molar-refractivity contribution is 0.449. The SMILES string of the molecule is CCc1cc(CC2CCCCC(Br)C2)n(C)n1. The average Bonchev–Trinajstić information content (AvgIpc) is 2.52. The lowest BCUT2D eigenvalue weighted by Gasteiger charge is -2.15. The first-order valence-corrected chi connectivity index (χ1v) is 7.76. The summed E-state index contributed by atoms with van der Waals surface area (Å²) >= 11 is 3.81. The van der Waals surface area contributed by atoms with Gasteiger partial charge in [0, 0.05) is 17.6 Å². The lowest BCUT2D eigenvalue weighted by atomic mass is 9.95. The molecular formula is C14H23BrN2. The molecule has 0 N–H and O–H groups in total. The van der Waals surface area contributed by atoms with E-state index >= 15 is 0 Å². The molecule has 0 spiro atoms. The molecule has 1 saturated carbocycles. The number of aromatic nitrogens is 2. The highest BCUT2D eigenvalue weighted by Crippen LogP contribution is 2.30. The molecule has 2 unspecified atom stereocenters. The van der Waals surface area contributed by atoms with E-state index in [1.165, 1.54) is 49.9 Å². The molecule has 2 rings (SSSR count). The Bertz CT molecular complexity index is 359. The molecule has 3 heteroatoms. The van der Waals surface area contributed by atoms with Crippen LogP contribution in [0.2, 0.25) is 0 Å². The molecule has 0 aromatic carbocycles. The van der Waals surface area contributed by atoms with Crippen molar-refractivity contribution in [2.24, 2.45) is 13.0 Å². The molecule has 96 valence electrons. The first kappa shape index (κ1) is 13.1. The largest absolute Gasteiger partial charge is 0.272 e. The second kappa shape index (κ2) is 6.03. The summed E-state index contributed by atoms with van der Waals surface area (Å²) in [5.41, 5.74) is 2.64. The first-order chi connectivity index (χ1) is 8.19. The highest BCUT2D eigenvalue weighted by atomic mass is 79.9. The van der Waals surface area contributed by atoms with Gasteiger partial charge in [0.15, 0.2) is 0 Å². The number of rotatable bonds is 3. The predicted molar refractivity (Wildman–Crippen MR) is 75.6 cm³/mol. The van der Waals surface area contributed by atoms with Crippen LogP contribution in [0.3, 0.4) is 0 Å². The van der Waals surface area contributed by atoms with Crippen molar-refractivity contribution in [1.82, 2.24) is 9.78 Å². The molecule has 0 aliphatic heterocycles. The van der Waals surface area contributed by atoms with Gasteiger partial charge in [-0.25, -0.2) is 0 Å². The van der Waals surface area contributed by atoms with E-state index in [2.05, 4.69) is 45.7 Å². The van der Waals surface area contributed by atoms with Crippen molar-refractivity contribution in [1.29, 1.82) is 0 Å². The number of nitrogens with zero attached hydrogens (tertiary/aromatic N) is 2. The van der Waals surface area contributed by atoms with Gasteiger partial charge in [-0.2, -0.15) is 5.10 Å². The van der Waals surface area contributed by atoms with Crippen LogP contribution in [0.1, 0.15) is 50.4 Å². The first-order valence-electron chi connectivity index (χ1n) is 6.85. The molecule has 1 heterocycles. The van der Waals surface area contributed by atoms with Crippen molar-refractivity contribution in [2.75, 3.05) is 0 Å². The maximum Gasteiger partial charge on any atom is 0.0624 e. The summed E-state index contributed by atoms with van der Waals surface area (Å²) in [4.78, 5) is 0.730. The highest BCUT2D eigenvalue weighted by molar-refractivity contribution is 9.09. The van der Waals surface area contributed by atoms with E-state index in [1.54, 1.807) is 0 Å². The third kappa shape index (κ3) is 3.57. The number of hydrogen-bond donors (Lipinski definition) is 0. The topological polar surface area (TPSA) is 17.8 Å². The highest BCUT2D eigenvalue weighted by Gasteiger charge is 2.19. The van der Waals surface area contributed by atoms with Crippen molar-refractivity contribution >= 4 is 15.9 Å². The number of alkyl halides is 1. The fraction of sp³-hybridized carbons (Fsp3) is 0.786. The molecule has 1 fully saturated rings. The Morgan fingerprint density at radius 3 is 2.88 bits per heavy atom. The number of halogens is 1. The Hall–Kier alpha value is -0.310. The van der Waals surface area contributed by atoms with Gasteiger partial charge in [-0.05, 0) is 37.7 Å². The summed E-state index contributed by atoms with van der Waals surface area (Å²) in [6, 6.07) is 2.29. The van der Waals surface area contributed by atoms with Crippen LogP contribution in [0.5, 0.6) is 0 Å². The Kier molecular flexibility index (Phi) is 4.66. The van der Waals surface area contributed by atoms with Gasteiger partial charge in [-0.1, -0.05) is 42.1 Å². The minimum Gasteiger partial charge on any atom is -0.272 e. The van der Waals surface area contributed by atoms with Gasteiger partial charge < -0.3 is 0 Å². The van der Waals surface area contributed by atoms with Gasteiger partial charge >= 0.3 is 0 Å². The van der Waals surface area contributed by atoms with Gasteiger partial charge in [0.05, 0.1) is 5.69 Å². The van der Waals surface area contributed by atoms with Crippen LogP contribution < -0.4 is 0 Å². The van der Waals surface area contributed by atoms with Crippen molar-refractivity contribution in [2.45, 2.75) is 56.7 Å². The summed E-state index contributed by atoms with van der Waals surface area (Å²) in [5, 5.41) is 4.54. The molecule has 1 aliphatic rings. The molecule has 2 nitrogen and oxygen atoms in total. The zero-order chi connectivity index (χ0) is 12.3. The smallest absolute Gasteiger partial charge is 0.0624 e. The molecular weight excluding hydrogens is 276 g/mol. The fourth-order valence-corrected chi connectivity index (χ4v) is 3.67. The van der Waals surface area contributed by atoms with Crippen molar-refractivity contribution in [3.63, 3.8) is 0 Å². The molecule has 0 radical (unpaired) electrons. The second-order valence-corrected chi connectivity index (χ2v) is 6.59.